The van der Waals surface area contributed by atoms with Gasteiger partial charge in [0.1, 0.15) is 11.9 Å². The zero-order valence-corrected chi connectivity index (χ0v) is 9.66. The van der Waals surface area contributed by atoms with Crippen LogP contribution in [0.5, 0.6) is 0 Å². The molecule has 1 heterocycles. The lowest BCUT2D eigenvalue weighted by Crippen LogP contribution is -2.27. The largest absolute Gasteiger partial charge is 0.439 e. The van der Waals surface area contributed by atoms with E-state index in [1.54, 1.807) is 13.1 Å². The van der Waals surface area contributed by atoms with Crippen molar-refractivity contribution in [1.29, 1.82) is 0 Å². The molecule has 1 fully saturated rings. The van der Waals surface area contributed by atoms with Gasteiger partial charge in [0.15, 0.2) is 0 Å². The number of ether oxygens (including phenoxy) is 1. The number of carbonyl (C=O) groups excluding carboxylic acids is 1. The van der Waals surface area contributed by atoms with Gasteiger partial charge in [-0.3, -0.25) is 0 Å². The van der Waals surface area contributed by atoms with E-state index < -0.39 is 11.9 Å². The van der Waals surface area contributed by atoms with Crippen LogP contribution in [-0.2, 0) is 4.74 Å². The predicted molar refractivity (Wildman–Crippen MR) is 57.9 cm³/mol. The third kappa shape index (κ3) is 1.73. The Kier molecular flexibility index (Phi) is 2.76. The van der Waals surface area contributed by atoms with Crippen LogP contribution >= 0.6 is 11.6 Å². The Morgan fingerprint density at radius 1 is 1.50 bits per heavy atom. The summed E-state index contributed by atoms with van der Waals surface area (Å²) >= 11 is 5.68. The van der Waals surface area contributed by atoms with Crippen LogP contribution in [0.25, 0.3) is 0 Å². The Morgan fingerprint density at radius 3 is 2.69 bits per heavy atom. The molecule has 2 atom stereocenters. The third-order valence-electron chi connectivity index (χ3n) is 2.84. The minimum atomic E-state index is -0.476. The van der Waals surface area contributed by atoms with Gasteiger partial charge in [-0.1, -0.05) is 17.7 Å². The fourth-order valence-corrected chi connectivity index (χ4v) is 1.88. The first-order valence-electron chi connectivity index (χ1n) is 4.89. The Balaban J connectivity index is 2.32. The summed E-state index contributed by atoms with van der Waals surface area (Å²) < 4.78 is 18.2. The van der Waals surface area contributed by atoms with E-state index in [0.29, 0.717) is 5.56 Å². The molecule has 1 aliphatic heterocycles. The van der Waals surface area contributed by atoms with Crippen molar-refractivity contribution >= 4 is 17.7 Å². The standard InChI is InChI=1S/C11H11ClFNO2/c1-6-10(16-11(15)14(6)2)7-3-4-9(13)8(12)5-7/h3-6,10H,1-2H3/t6-,10-/m0/s1. The van der Waals surface area contributed by atoms with Crippen LogP contribution in [0.3, 0.4) is 0 Å². The molecular formula is C11H11ClFNO2. The van der Waals surface area contributed by atoms with Gasteiger partial charge in [0.25, 0.3) is 0 Å². The SMILES string of the molecule is C[C@H]1[C@@H](c2ccc(F)c(Cl)c2)OC(=O)N1C. The van der Waals surface area contributed by atoms with Crippen LogP contribution in [0.2, 0.25) is 5.02 Å². The van der Waals surface area contributed by atoms with E-state index in [2.05, 4.69) is 0 Å². The van der Waals surface area contributed by atoms with Crippen molar-refractivity contribution in [3.05, 3.63) is 34.6 Å². The highest BCUT2D eigenvalue weighted by Crippen LogP contribution is 2.32. The Bertz CT molecular complexity index is 438. The van der Waals surface area contributed by atoms with Gasteiger partial charge in [0.05, 0.1) is 11.1 Å². The molecule has 1 amide bonds. The highest BCUT2D eigenvalue weighted by Gasteiger charge is 2.37. The molecule has 16 heavy (non-hydrogen) atoms. The Morgan fingerprint density at radius 2 is 2.19 bits per heavy atom. The lowest BCUT2D eigenvalue weighted by molar-refractivity contribution is 0.131. The highest BCUT2D eigenvalue weighted by atomic mass is 35.5. The number of hydrogen-bond acceptors (Lipinski definition) is 2. The number of rotatable bonds is 1. The van der Waals surface area contributed by atoms with Gasteiger partial charge in [-0.25, -0.2) is 9.18 Å². The van der Waals surface area contributed by atoms with Gasteiger partial charge >= 0.3 is 6.09 Å². The molecule has 1 aromatic rings. The average molecular weight is 244 g/mol. The van der Waals surface area contributed by atoms with Crippen molar-refractivity contribution in [2.75, 3.05) is 7.05 Å². The van der Waals surface area contributed by atoms with Crippen molar-refractivity contribution in [2.45, 2.75) is 19.1 Å². The first kappa shape index (κ1) is 11.2. The van der Waals surface area contributed by atoms with Crippen molar-refractivity contribution in [3.63, 3.8) is 0 Å². The van der Waals surface area contributed by atoms with E-state index in [1.807, 2.05) is 6.92 Å². The molecule has 1 aromatic carbocycles. The maximum Gasteiger partial charge on any atom is 0.410 e. The summed E-state index contributed by atoms with van der Waals surface area (Å²) in [6.45, 7) is 1.87. The molecule has 0 aromatic heterocycles. The van der Waals surface area contributed by atoms with Crippen LogP contribution in [0.15, 0.2) is 18.2 Å². The summed E-state index contributed by atoms with van der Waals surface area (Å²) in [6.07, 6.45) is -0.770. The van der Waals surface area contributed by atoms with Crippen LogP contribution in [0, 0.1) is 5.82 Å². The fraction of sp³-hybridized carbons (Fsp3) is 0.364. The van der Waals surface area contributed by atoms with Gasteiger partial charge in [-0.2, -0.15) is 0 Å². The zero-order chi connectivity index (χ0) is 11.9. The normalized spacial score (nSPS) is 24.8. The van der Waals surface area contributed by atoms with Gasteiger partial charge in [-0.05, 0) is 24.6 Å². The van der Waals surface area contributed by atoms with Gasteiger partial charge in [0, 0.05) is 7.05 Å². The van der Waals surface area contributed by atoms with Crippen LogP contribution in [-0.4, -0.2) is 24.1 Å². The Hall–Kier alpha value is -1.29. The van der Waals surface area contributed by atoms with Crippen LogP contribution in [0.1, 0.15) is 18.6 Å². The van der Waals surface area contributed by atoms with Gasteiger partial charge < -0.3 is 9.64 Å². The third-order valence-corrected chi connectivity index (χ3v) is 3.13. The molecule has 5 heteroatoms. The van der Waals surface area contributed by atoms with Gasteiger partial charge in [-0.15, -0.1) is 0 Å². The maximum atomic E-state index is 13.0. The fourth-order valence-electron chi connectivity index (χ4n) is 1.70. The molecule has 1 saturated heterocycles. The summed E-state index contributed by atoms with van der Waals surface area (Å²) in [5.74, 6) is -0.476. The Labute approximate surface area is 97.8 Å². The van der Waals surface area contributed by atoms with E-state index >= 15 is 0 Å². The van der Waals surface area contributed by atoms with Crippen LogP contribution in [0.4, 0.5) is 9.18 Å². The molecule has 0 radical (unpaired) electrons. The molecule has 3 nitrogen and oxygen atoms in total. The first-order chi connectivity index (χ1) is 7.50. The second-order valence-electron chi connectivity index (χ2n) is 3.83. The number of benzene rings is 1. The number of nitrogens with zero attached hydrogens (tertiary/aromatic N) is 1. The zero-order valence-electron chi connectivity index (χ0n) is 8.91. The van der Waals surface area contributed by atoms with Crippen molar-refractivity contribution in [3.8, 4) is 0 Å². The van der Waals surface area contributed by atoms with E-state index in [4.69, 9.17) is 16.3 Å². The summed E-state index contributed by atoms with van der Waals surface area (Å²) in [4.78, 5) is 12.8. The molecule has 86 valence electrons. The molecule has 2 rings (SSSR count). The number of cyclic esters (lactones) is 1. The number of carbonyl (C=O) groups is 1. The number of hydrogen-bond donors (Lipinski definition) is 0. The number of likely N-dealkylation sites (N-methyl/N-ethyl adjacent to an activating group) is 1. The molecular weight excluding hydrogens is 233 g/mol. The second kappa shape index (κ2) is 3.94. The summed E-state index contributed by atoms with van der Waals surface area (Å²) in [6, 6.07) is 4.25. The van der Waals surface area contributed by atoms with E-state index in [9.17, 15) is 9.18 Å². The van der Waals surface area contributed by atoms with E-state index in [-0.39, 0.29) is 17.2 Å². The van der Waals surface area contributed by atoms with Crippen molar-refractivity contribution in [1.82, 2.24) is 4.90 Å². The second-order valence-corrected chi connectivity index (χ2v) is 4.24. The molecule has 1 aliphatic rings. The number of amides is 1. The van der Waals surface area contributed by atoms with E-state index in [1.165, 1.54) is 17.0 Å². The molecule has 0 bridgehead atoms. The monoisotopic (exact) mass is 243 g/mol. The molecule has 0 unspecified atom stereocenters. The molecule has 0 saturated carbocycles. The maximum absolute atomic E-state index is 13.0. The average Bonchev–Trinajstić information content (AvgIpc) is 2.50. The lowest BCUT2D eigenvalue weighted by Gasteiger charge is -2.16. The van der Waals surface area contributed by atoms with Crippen molar-refractivity contribution in [2.24, 2.45) is 0 Å². The predicted octanol–water partition coefficient (Wildman–Crippen LogP) is 2.99. The molecule has 0 spiro atoms. The van der Waals surface area contributed by atoms with Crippen molar-refractivity contribution < 1.29 is 13.9 Å². The van der Waals surface area contributed by atoms with E-state index in [0.717, 1.165) is 0 Å². The number of halogens is 2. The minimum Gasteiger partial charge on any atom is -0.439 e. The lowest BCUT2D eigenvalue weighted by atomic mass is 10.0. The highest BCUT2D eigenvalue weighted by molar-refractivity contribution is 6.30. The summed E-state index contributed by atoms with van der Waals surface area (Å²) in [5.41, 5.74) is 0.705. The summed E-state index contributed by atoms with van der Waals surface area (Å²) in [7, 11) is 1.66. The topological polar surface area (TPSA) is 29.5 Å². The van der Waals surface area contributed by atoms with Crippen LogP contribution < -0.4 is 0 Å². The minimum absolute atomic E-state index is 0.0373. The van der Waals surface area contributed by atoms with Gasteiger partial charge in [0.2, 0.25) is 0 Å². The summed E-state index contributed by atoms with van der Waals surface area (Å²) in [5, 5.41) is 0.0373. The molecule has 0 N–H and O–H groups in total. The molecule has 0 aliphatic carbocycles. The quantitative estimate of drug-likeness (QED) is 0.759. The smallest absolute Gasteiger partial charge is 0.410 e. The first-order valence-corrected chi connectivity index (χ1v) is 5.27.